The maximum absolute atomic E-state index is 11.1. The fourth-order valence-corrected chi connectivity index (χ4v) is 2.66. The molecule has 0 aromatic carbocycles. The highest BCUT2D eigenvalue weighted by atomic mass is 16.5. The minimum Gasteiger partial charge on any atom is -0.462 e. The molecule has 0 aliphatic heterocycles. The Kier molecular flexibility index (Phi) is 2.10. The molecule has 13 heavy (non-hydrogen) atoms. The van der Waals surface area contributed by atoms with Gasteiger partial charge in [0, 0.05) is 25.7 Å². The van der Waals surface area contributed by atoms with E-state index in [0.29, 0.717) is 30.5 Å². The summed E-state index contributed by atoms with van der Waals surface area (Å²) in [5.41, 5.74) is 0. The van der Waals surface area contributed by atoms with Gasteiger partial charge in [-0.05, 0) is 18.8 Å². The van der Waals surface area contributed by atoms with E-state index in [2.05, 4.69) is 0 Å². The summed E-state index contributed by atoms with van der Waals surface area (Å²) in [5, 5.41) is 0. The molecule has 0 radical (unpaired) electrons. The standard InChI is InChI=1S/C10H14O3/c1-6(11)13-10-3-2-7-4-8(12)5-9(7)10/h7,9-10H,2-5H2,1H3. The molecule has 0 bridgehead atoms. The van der Waals surface area contributed by atoms with Crippen molar-refractivity contribution in [3.8, 4) is 0 Å². The topological polar surface area (TPSA) is 43.4 Å². The third-order valence-corrected chi connectivity index (χ3v) is 3.18. The number of hydrogen-bond donors (Lipinski definition) is 0. The van der Waals surface area contributed by atoms with Crippen molar-refractivity contribution in [2.24, 2.45) is 11.8 Å². The van der Waals surface area contributed by atoms with Crippen LogP contribution < -0.4 is 0 Å². The van der Waals surface area contributed by atoms with Gasteiger partial charge in [0.2, 0.25) is 0 Å². The number of hydrogen-bond acceptors (Lipinski definition) is 3. The first-order chi connectivity index (χ1) is 6.16. The molecule has 0 aromatic heterocycles. The van der Waals surface area contributed by atoms with Gasteiger partial charge in [-0.2, -0.15) is 0 Å². The molecule has 0 spiro atoms. The lowest BCUT2D eigenvalue weighted by Crippen LogP contribution is -2.21. The zero-order chi connectivity index (χ0) is 9.42. The van der Waals surface area contributed by atoms with Gasteiger partial charge in [-0.25, -0.2) is 0 Å². The normalized spacial score (nSPS) is 37.6. The molecule has 2 saturated carbocycles. The Balaban J connectivity index is 2.00. The van der Waals surface area contributed by atoms with E-state index in [0.717, 1.165) is 12.8 Å². The molecule has 3 unspecified atom stereocenters. The van der Waals surface area contributed by atoms with Gasteiger partial charge in [0.15, 0.2) is 0 Å². The number of carbonyl (C=O) groups excluding carboxylic acids is 2. The molecule has 3 atom stereocenters. The van der Waals surface area contributed by atoms with Crippen LogP contribution in [0.5, 0.6) is 0 Å². The molecule has 0 N–H and O–H groups in total. The second-order valence-corrected chi connectivity index (χ2v) is 4.10. The predicted octanol–water partition coefficient (Wildman–Crippen LogP) is 1.31. The van der Waals surface area contributed by atoms with Crippen LogP contribution in [-0.4, -0.2) is 17.9 Å². The zero-order valence-electron chi connectivity index (χ0n) is 7.79. The Morgan fingerprint density at radius 3 is 2.85 bits per heavy atom. The van der Waals surface area contributed by atoms with Gasteiger partial charge in [-0.15, -0.1) is 0 Å². The van der Waals surface area contributed by atoms with E-state index < -0.39 is 0 Å². The molecule has 0 aromatic rings. The quantitative estimate of drug-likeness (QED) is 0.574. The van der Waals surface area contributed by atoms with Crippen LogP contribution in [0.1, 0.15) is 32.6 Å². The number of ketones is 1. The monoisotopic (exact) mass is 182 g/mol. The molecule has 3 heteroatoms. The third kappa shape index (κ3) is 1.60. The second-order valence-electron chi connectivity index (χ2n) is 4.10. The Hall–Kier alpha value is -0.860. The van der Waals surface area contributed by atoms with Crippen molar-refractivity contribution in [2.45, 2.75) is 38.7 Å². The van der Waals surface area contributed by atoms with Crippen LogP contribution >= 0.6 is 0 Å². The summed E-state index contributed by atoms with van der Waals surface area (Å²) in [5.74, 6) is 0.949. The highest BCUT2D eigenvalue weighted by Crippen LogP contribution is 2.43. The summed E-state index contributed by atoms with van der Waals surface area (Å²) in [6.07, 6.45) is 3.36. The Morgan fingerprint density at radius 1 is 1.38 bits per heavy atom. The van der Waals surface area contributed by atoms with E-state index in [1.54, 1.807) is 0 Å². The maximum atomic E-state index is 11.1. The van der Waals surface area contributed by atoms with Crippen molar-refractivity contribution < 1.29 is 14.3 Å². The van der Waals surface area contributed by atoms with Crippen LogP contribution in [0, 0.1) is 11.8 Å². The molecule has 72 valence electrons. The lowest BCUT2D eigenvalue weighted by molar-refractivity contribution is -0.148. The lowest BCUT2D eigenvalue weighted by atomic mass is 9.99. The van der Waals surface area contributed by atoms with Gasteiger partial charge < -0.3 is 4.74 Å². The van der Waals surface area contributed by atoms with E-state index >= 15 is 0 Å². The fourth-order valence-electron chi connectivity index (χ4n) is 2.66. The van der Waals surface area contributed by atoms with Crippen molar-refractivity contribution >= 4 is 11.8 Å². The zero-order valence-corrected chi connectivity index (χ0v) is 7.79. The summed E-state index contributed by atoms with van der Waals surface area (Å²) < 4.78 is 5.18. The van der Waals surface area contributed by atoms with Gasteiger partial charge >= 0.3 is 5.97 Å². The van der Waals surface area contributed by atoms with Gasteiger partial charge in [-0.1, -0.05) is 0 Å². The molecular formula is C10H14O3. The Labute approximate surface area is 77.4 Å². The highest BCUT2D eigenvalue weighted by molar-refractivity contribution is 5.81. The van der Waals surface area contributed by atoms with Crippen LogP contribution in [0.3, 0.4) is 0 Å². The summed E-state index contributed by atoms with van der Waals surface area (Å²) in [6, 6.07) is 0. The average molecular weight is 182 g/mol. The number of fused-ring (bicyclic) bond motifs is 1. The van der Waals surface area contributed by atoms with Crippen molar-refractivity contribution in [3.63, 3.8) is 0 Å². The molecule has 0 saturated heterocycles. The van der Waals surface area contributed by atoms with E-state index in [4.69, 9.17) is 4.74 Å². The largest absolute Gasteiger partial charge is 0.462 e. The Bertz CT molecular complexity index is 247. The van der Waals surface area contributed by atoms with Gasteiger partial charge in [-0.3, -0.25) is 9.59 Å². The molecule has 0 heterocycles. The molecule has 2 aliphatic carbocycles. The number of Topliss-reactive ketones (excluding diaryl/α,β-unsaturated/α-hetero) is 1. The molecule has 2 fully saturated rings. The fraction of sp³-hybridized carbons (Fsp3) is 0.800. The summed E-state index contributed by atoms with van der Waals surface area (Å²) in [6.45, 7) is 1.43. The van der Waals surface area contributed by atoms with Crippen LogP contribution in [0.4, 0.5) is 0 Å². The van der Waals surface area contributed by atoms with E-state index in [9.17, 15) is 9.59 Å². The highest BCUT2D eigenvalue weighted by Gasteiger charge is 2.44. The lowest BCUT2D eigenvalue weighted by Gasteiger charge is -2.17. The Morgan fingerprint density at radius 2 is 2.15 bits per heavy atom. The van der Waals surface area contributed by atoms with Crippen LogP contribution in [0.15, 0.2) is 0 Å². The van der Waals surface area contributed by atoms with Crippen LogP contribution in [-0.2, 0) is 14.3 Å². The third-order valence-electron chi connectivity index (χ3n) is 3.18. The number of esters is 1. The van der Waals surface area contributed by atoms with Crippen molar-refractivity contribution in [3.05, 3.63) is 0 Å². The minimum absolute atomic E-state index is 0.0222. The second kappa shape index (κ2) is 3.13. The van der Waals surface area contributed by atoms with E-state index in [1.807, 2.05) is 0 Å². The van der Waals surface area contributed by atoms with Crippen molar-refractivity contribution in [2.75, 3.05) is 0 Å². The summed E-state index contributed by atoms with van der Waals surface area (Å²) >= 11 is 0. The first-order valence-electron chi connectivity index (χ1n) is 4.85. The molecule has 0 amide bonds. The number of carbonyl (C=O) groups is 2. The van der Waals surface area contributed by atoms with Crippen molar-refractivity contribution in [1.29, 1.82) is 0 Å². The number of ether oxygens (including phenoxy) is 1. The smallest absolute Gasteiger partial charge is 0.302 e. The van der Waals surface area contributed by atoms with Gasteiger partial charge in [0.25, 0.3) is 0 Å². The average Bonchev–Trinajstić information content (AvgIpc) is 2.51. The predicted molar refractivity (Wildman–Crippen MR) is 46.0 cm³/mol. The first-order valence-corrected chi connectivity index (χ1v) is 4.85. The minimum atomic E-state index is -0.218. The number of rotatable bonds is 1. The molecular weight excluding hydrogens is 168 g/mol. The summed E-state index contributed by atoms with van der Waals surface area (Å²) in [4.78, 5) is 21.9. The SMILES string of the molecule is CC(=O)OC1CCC2CC(=O)CC21. The molecule has 3 nitrogen and oxygen atoms in total. The first kappa shape index (κ1) is 8.73. The molecule has 2 rings (SSSR count). The van der Waals surface area contributed by atoms with Crippen molar-refractivity contribution in [1.82, 2.24) is 0 Å². The van der Waals surface area contributed by atoms with Crippen LogP contribution in [0.2, 0.25) is 0 Å². The van der Waals surface area contributed by atoms with Gasteiger partial charge in [0.05, 0.1) is 0 Å². The molecule has 2 aliphatic rings. The van der Waals surface area contributed by atoms with E-state index in [1.165, 1.54) is 6.92 Å². The summed E-state index contributed by atoms with van der Waals surface area (Å²) in [7, 11) is 0. The van der Waals surface area contributed by atoms with Gasteiger partial charge in [0.1, 0.15) is 11.9 Å². The maximum Gasteiger partial charge on any atom is 0.302 e. The van der Waals surface area contributed by atoms with E-state index in [-0.39, 0.29) is 12.1 Å². The van der Waals surface area contributed by atoms with Crippen LogP contribution in [0.25, 0.3) is 0 Å².